The van der Waals surface area contributed by atoms with Crippen LogP contribution in [0.2, 0.25) is 0 Å². The van der Waals surface area contributed by atoms with Gasteiger partial charge in [-0.05, 0) is 91.3 Å². The van der Waals surface area contributed by atoms with Crippen LogP contribution in [0.4, 0.5) is 0 Å². The van der Waals surface area contributed by atoms with Crippen LogP contribution in [0.15, 0.2) is 205 Å². The van der Waals surface area contributed by atoms with Crippen LogP contribution in [-0.4, -0.2) is 14.5 Å². The fourth-order valence-corrected chi connectivity index (χ4v) is 9.62. The molecule has 0 unspecified atom stereocenters. The van der Waals surface area contributed by atoms with E-state index in [1.807, 2.05) is 12.1 Å². The lowest BCUT2D eigenvalue weighted by atomic mass is 9.90. The molecule has 0 aliphatic heterocycles. The number of aromatic nitrogens is 3. The molecule has 3 aromatic heterocycles. The molecule has 13 aromatic rings. The largest absolute Gasteiger partial charge is 0.452 e. The Morgan fingerprint density at radius 2 is 1.00 bits per heavy atom. The van der Waals surface area contributed by atoms with Crippen molar-refractivity contribution in [3.05, 3.63) is 200 Å². The number of benzene rings is 10. The molecule has 4 nitrogen and oxygen atoms in total. The molecular formula is C56H33N3O. The zero-order chi connectivity index (χ0) is 39.3. The van der Waals surface area contributed by atoms with E-state index in [9.17, 15) is 0 Å². The lowest BCUT2D eigenvalue weighted by Gasteiger charge is -2.18. The summed E-state index contributed by atoms with van der Waals surface area (Å²) in [6.07, 6.45) is 0. The van der Waals surface area contributed by atoms with Crippen molar-refractivity contribution >= 4 is 87.0 Å². The SMILES string of the molecule is c1ccc(-c2ccc3oc4c(-c5ccccc5)nc(-c5cc(-n6c7ccccc7c7cc8ccccc8cc76)cc6c7ccccc7c7ccccc7c56)nc4c3c2)cc1. The quantitative estimate of drug-likeness (QED) is 0.168. The molecular weight excluding hydrogens is 731 g/mol. The van der Waals surface area contributed by atoms with Gasteiger partial charge in [-0.25, -0.2) is 9.97 Å². The van der Waals surface area contributed by atoms with Crippen molar-refractivity contribution in [2.45, 2.75) is 0 Å². The van der Waals surface area contributed by atoms with Crippen molar-refractivity contribution in [1.29, 1.82) is 0 Å². The summed E-state index contributed by atoms with van der Waals surface area (Å²) in [5, 5.41) is 12.8. The lowest BCUT2D eigenvalue weighted by Crippen LogP contribution is -1.99. The number of para-hydroxylation sites is 1. The van der Waals surface area contributed by atoms with Crippen LogP contribution in [0.1, 0.15) is 0 Å². The van der Waals surface area contributed by atoms with Gasteiger partial charge in [-0.3, -0.25) is 0 Å². The topological polar surface area (TPSA) is 43.9 Å². The number of rotatable bonds is 4. The van der Waals surface area contributed by atoms with Crippen LogP contribution in [0, 0.1) is 0 Å². The van der Waals surface area contributed by atoms with E-state index in [1.54, 1.807) is 0 Å². The second-order valence-corrected chi connectivity index (χ2v) is 15.7. The van der Waals surface area contributed by atoms with Crippen LogP contribution in [-0.2, 0) is 0 Å². The Kier molecular flexibility index (Phi) is 6.98. The third kappa shape index (κ3) is 4.85. The lowest BCUT2D eigenvalue weighted by molar-refractivity contribution is 0.667. The van der Waals surface area contributed by atoms with Crippen LogP contribution in [0.25, 0.3) is 126 Å². The van der Waals surface area contributed by atoms with Gasteiger partial charge in [-0.15, -0.1) is 0 Å². The maximum absolute atomic E-state index is 6.72. The highest BCUT2D eigenvalue weighted by molar-refractivity contribution is 6.29. The van der Waals surface area contributed by atoms with Gasteiger partial charge in [0.1, 0.15) is 16.8 Å². The van der Waals surface area contributed by atoms with E-state index in [0.29, 0.717) is 11.4 Å². The molecule has 0 amide bonds. The highest BCUT2D eigenvalue weighted by Gasteiger charge is 2.23. The summed E-state index contributed by atoms with van der Waals surface area (Å²) in [7, 11) is 0. The van der Waals surface area contributed by atoms with Crippen molar-refractivity contribution < 1.29 is 4.42 Å². The first-order valence-corrected chi connectivity index (χ1v) is 20.4. The zero-order valence-electron chi connectivity index (χ0n) is 32.3. The molecule has 278 valence electrons. The average Bonchev–Trinajstić information content (AvgIpc) is 3.85. The minimum Gasteiger partial charge on any atom is -0.452 e. The molecule has 0 radical (unpaired) electrons. The normalized spacial score (nSPS) is 12.0. The van der Waals surface area contributed by atoms with Crippen molar-refractivity contribution in [2.75, 3.05) is 0 Å². The predicted molar refractivity (Wildman–Crippen MR) is 250 cm³/mol. The molecule has 0 atom stereocenters. The van der Waals surface area contributed by atoms with Crippen molar-refractivity contribution in [2.24, 2.45) is 0 Å². The van der Waals surface area contributed by atoms with Gasteiger partial charge >= 0.3 is 0 Å². The maximum Gasteiger partial charge on any atom is 0.180 e. The molecule has 60 heavy (non-hydrogen) atoms. The third-order valence-corrected chi connectivity index (χ3v) is 12.3. The van der Waals surface area contributed by atoms with Crippen molar-refractivity contribution in [1.82, 2.24) is 14.5 Å². The number of hydrogen-bond acceptors (Lipinski definition) is 3. The number of furan rings is 1. The standard InChI is InChI=1S/C56H33N3O/c1-3-15-34(16-4-1)38-27-28-51-47(30-38)54-55(60-51)53(35-17-5-2-6-18-35)57-56(58-54)48-33-39(32-46-42-23-10-9-21-40(42)41-22-11-12-25-44(41)52(46)48)59-49-26-14-13-24-43(49)45-29-36-19-7-8-20-37(36)31-50(45)59/h1-33H. The summed E-state index contributed by atoms with van der Waals surface area (Å²) in [6, 6.07) is 71.6. The van der Waals surface area contributed by atoms with E-state index < -0.39 is 0 Å². The Morgan fingerprint density at radius 1 is 0.383 bits per heavy atom. The molecule has 0 bridgehead atoms. The first-order valence-electron chi connectivity index (χ1n) is 20.4. The van der Waals surface area contributed by atoms with Crippen LogP contribution >= 0.6 is 0 Å². The highest BCUT2D eigenvalue weighted by Crippen LogP contribution is 2.45. The van der Waals surface area contributed by atoms with Crippen molar-refractivity contribution in [3.63, 3.8) is 0 Å². The fraction of sp³-hybridized carbons (Fsp3) is 0. The Labute approximate surface area is 344 Å². The maximum atomic E-state index is 6.72. The number of fused-ring (bicyclic) bond motifs is 13. The van der Waals surface area contributed by atoms with E-state index in [0.717, 1.165) is 77.3 Å². The second-order valence-electron chi connectivity index (χ2n) is 15.7. The Bertz CT molecular complexity index is 3880. The summed E-state index contributed by atoms with van der Waals surface area (Å²) < 4.78 is 9.15. The molecule has 0 aliphatic carbocycles. The third-order valence-electron chi connectivity index (χ3n) is 12.3. The molecule has 3 heterocycles. The minimum atomic E-state index is 0.646. The number of hydrogen-bond donors (Lipinski definition) is 0. The Balaban J connectivity index is 1.20. The van der Waals surface area contributed by atoms with Gasteiger partial charge in [0.05, 0.1) is 11.0 Å². The smallest absolute Gasteiger partial charge is 0.180 e. The molecule has 13 rings (SSSR count). The summed E-state index contributed by atoms with van der Waals surface area (Å²) in [6.45, 7) is 0. The molecule has 0 saturated carbocycles. The van der Waals surface area contributed by atoms with Gasteiger partial charge in [0.15, 0.2) is 11.4 Å². The van der Waals surface area contributed by atoms with Crippen LogP contribution in [0.5, 0.6) is 0 Å². The summed E-state index contributed by atoms with van der Waals surface area (Å²) in [5.74, 6) is 0.646. The van der Waals surface area contributed by atoms with Gasteiger partial charge in [0.2, 0.25) is 0 Å². The van der Waals surface area contributed by atoms with Crippen LogP contribution in [0.3, 0.4) is 0 Å². The van der Waals surface area contributed by atoms with Gasteiger partial charge in [0, 0.05) is 38.4 Å². The summed E-state index contributed by atoms with van der Waals surface area (Å²) in [4.78, 5) is 11.1. The fourth-order valence-electron chi connectivity index (χ4n) is 9.62. The highest BCUT2D eigenvalue weighted by atomic mass is 16.3. The first-order chi connectivity index (χ1) is 29.7. The molecule has 10 aromatic carbocycles. The Morgan fingerprint density at radius 3 is 1.77 bits per heavy atom. The molecule has 0 saturated heterocycles. The van der Waals surface area contributed by atoms with E-state index in [1.165, 1.54) is 37.7 Å². The van der Waals surface area contributed by atoms with Gasteiger partial charge in [0.25, 0.3) is 0 Å². The summed E-state index contributed by atoms with van der Waals surface area (Å²) in [5.41, 5.74) is 10.5. The molecule has 4 heteroatoms. The van der Waals surface area contributed by atoms with Crippen LogP contribution < -0.4 is 0 Å². The minimum absolute atomic E-state index is 0.646. The van der Waals surface area contributed by atoms with E-state index in [2.05, 4.69) is 193 Å². The zero-order valence-corrected chi connectivity index (χ0v) is 32.3. The molecule has 0 N–H and O–H groups in total. The molecule has 0 spiro atoms. The van der Waals surface area contributed by atoms with Crippen molar-refractivity contribution in [3.8, 4) is 39.5 Å². The molecule has 0 fully saturated rings. The van der Waals surface area contributed by atoms with E-state index in [4.69, 9.17) is 14.4 Å². The van der Waals surface area contributed by atoms with E-state index in [-0.39, 0.29) is 0 Å². The van der Waals surface area contributed by atoms with Gasteiger partial charge in [-0.1, -0.05) is 158 Å². The number of nitrogens with zero attached hydrogens (tertiary/aromatic N) is 3. The van der Waals surface area contributed by atoms with E-state index >= 15 is 0 Å². The van der Waals surface area contributed by atoms with Gasteiger partial charge in [-0.2, -0.15) is 0 Å². The van der Waals surface area contributed by atoms with Gasteiger partial charge < -0.3 is 8.98 Å². The monoisotopic (exact) mass is 763 g/mol. The average molecular weight is 764 g/mol. The second kappa shape index (κ2) is 12.7. The Hall–Kier alpha value is -8.08. The summed E-state index contributed by atoms with van der Waals surface area (Å²) >= 11 is 0. The first kappa shape index (κ1) is 32.9. The molecule has 0 aliphatic rings. The predicted octanol–water partition coefficient (Wildman–Crippen LogP) is 15.1.